The van der Waals surface area contributed by atoms with Crippen molar-refractivity contribution in [3.8, 4) is 0 Å². The summed E-state index contributed by atoms with van der Waals surface area (Å²) in [5.74, 6) is -0.0408. The third-order valence-electron chi connectivity index (χ3n) is 2.37. The Labute approximate surface area is 107 Å². The maximum absolute atomic E-state index is 11.6. The molecule has 0 saturated carbocycles. The molecule has 0 spiro atoms. The third-order valence-corrected chi connectivity index (χ3v) is 2.37. The molecule has 0 heterocycles. The topological polar surface area (TPSA) is 69.4 Å². The zero-order chi connectivity index (χ0) is 13.5. The fourth-order valence-corrected chi connectivity index (χ4v) is 1.38. The lowest BCUT2D eigenvalue weighted by molar-refractivity contribution is -0.117. The van der Waals surface area contributed by atoms with Crippen LogP contribution in [-0.2, 0) is 16.0 Å². The molecule has 0 aromatic heterocycles. The first-order chi connectivity index (χ1) is 8.52. The van der Waals surface area contributed by atoms with Crippen molar-refractivity contribution in [1.82, 2.24) is 0 Å². The molecule has 98 valence electrons. The van der Waals surface area contributed by atoms with Crippen molar-refractivity contribution in [3.63, 3.8) is 0 Å². The first kappa shape index (κ1) is 14.4. The van der Waals surface area contributed by atoms with Crippen LogP contribution >= 0.6 is 0 Å². The summed E-state index contributed by atoms with van der Waals surface area (Å²) < 4.78 is 5.11. The molecule has 1 rings (SSSR count). The maximum Gasteiger partial charge on any atom is 0.338 e. The van der Waals surface area contributed by atoms with E-state index in [1.54, 1.807) is 24.3 Å². The number of nitrogens with two attached hydrogens (primary N) is 1. The lowest BCUT2D eigenvalue weighted by Gasteiger charge is -2.07. The molecule has 0 radical (unpaired) electrons. The number of hydrogen-bond acceptors (Lipinski definition) is 4. The van der Waals surface area contributed by atoms with Crippen LogP contribution in [0.25, 0.3) is 0 Å². The largest absolute Gasteiger partial charge is 0.462 e. The average molecular weight is 249 g/mol. The van der Waals surface area contributed by atoms with Crippen molar-refractivity contribution in [2.75, 3.05) is 13.2 Å². The smallest absolute Gasteiger partial charge is 0.338 e. The molecule has 0 aliphatic rings. The van der Waals surface area contributed by atoms with Gasteiger partial charge < -0.3 is 10.5 Å². The van der Waals surface area contributed by atoms with Gasteiger partial charge in [-0.3, -0.25) is 4.79 Å². The van der Waals surface area contributed by atoms with E-state index in [1.165, 1.54) is 0 Å². The summed E-state index contributed by atoms with van der Waals surface area (Å²) in [7, 11) is 0. The summed E-state index contributed by atoms with van der Waals surface area (Å²) in [6.45, 7) is 4.41. The predicted molar refractivity (Wildman–Crippen MR) is 69.3 cm³/mol. The number of esters is 1. The lowest BCUT2D eigenvalue weighted by atomic mass is 10.1. The van der Waals surface area contributed by atoms with E-state index in [4.69, 9.17) is 10.5 Å². The molecule has 4 heteroatoms. The molecular formula is C14H19NO3. The van der Waals surface area contributed by atoms with Gasteiger partial charge in [-0.1, -0.05) is 26.0 Å². The highest BCUT2D eigenvalue weighted by atomic mass is 16.5. The summed E-state index contributed by atoms with van der Waals surface area (Å²) in [5.41, 5.74) is 6.59. The number of benzene rings is 1. The Kier molecular flexibility index (Phi) is 5.52. The van der Waals surface area contributed by atoms with Crippen LogP contribution < -0.4 is 5.73 Å². The van der Waals surface area contributed by atoms with Crippen LogP contribution in [0.1, 0.15) is 29.8 Å². The molecular weight excluding hydrogens is 230 g/mol. The number of ether oxygens (including phenoxy) is 1. The Bertz CT molecular complexity index is 410. The Hall–Kier alpha value is -1.68. The predicted octanol–water partition coefficient (Wildman–Crippen LogP) is 1.57. The van der Waals surface area contributed by atoms with Gasteiger partial charge in [0.1, 0.15) is 0 Å². The van der Waals surface area contributed by atoms with Crippen molar-refractivity contribution in [2.24, 2.45) is 11.7 Å². The molecule has 0 unspecified atom stereocenters. The summed E-state index contributed by atoms with van der Waals surface area (Å²) in [4.78, 5) is 22.8. The van der Waals surface area contributed by atoms with Gasteiger partial charge >= 0.3 is 5.97 Å². The van der Waals surface area contributed by atoms with E-state index in [9.17, 15) is 9.59 Å². The first-order valence-electron chi connectivity index (χ1n) is 6.00. The number of carbonyl (C=O) groups is 2. The quantitative estimate of drug-likeness (QED) is 0.777. The van der Waals surface area contributed by atoms with Crippen molar-refractivity contribution in [2.45, 2.75) is 20.3 Å². The minimum Gasteiger partial charge on any atom is -0.462 e. The van der Waals surface area contributed by atoms with Crippen molar-refractivity contribution < 1.29 is 14.3 Å². The molecule has 0 amide bonds. The second kappa shape index (κ2) is 6.91. The van der Waals surface area contributed by atoms with Crippen LogP contribution in [0.2, 0.25) is 0 Å². The van der Waals surface area contributed by atoms with Gasteiger partial charge in [-0.25, -0.2) is 4.79 Å². The van der Waals surface area contributed by atoms with Gasteiger partial charge in [0.25, 0.3) is 0 Å². The van der Waals surface area contributed by atoms with E-state index in [2.05, 4.69) is 0 Å². The van der Waals surface area contributed by atoms with Crippen LogP contribution in [0.15, 0.2) is 24.3 Å². The van der Waals surface area contributed by atoms with E-state index in [0.717, 1.165) is 5.56 Å². The number of carbonyl (C=O) groups excluding carboxylic acids is 2. The molecule has 4 nitrogen and oxygen atoms in total. The minimum absolute atomic E-state index is 0.0230. The van der Waals surface area contributed by atoms with E-state index in [0.29, 0.717) is 24.5 Å². The van der Waals surface area contributed by atoms with Gasteiger partial charge in [0.05, 0.1) is 18.7 Å². The standard InChI is InChI=1S/C14H19NO3/c1-10(2)9-18-14(17)12-5-3-11(4-6-12)7-13(16)8-15/h3-6,10H,7-9,15H2,1-2H3. The monoisotopic (exact) mass is 249 g/mol. The lowest BCUT2D eigenvalue weighted by Crippen LogP contribution is -2.15. The van der Waals surface area contributed by atoms with Gasteiger partial charge in [0.2, 0.25) is 0 Å². The number of ketones is 1. The highest BCUT2D eigenvalue weighted by molar-refractivity contribution is 5.89. The second-order valence-corrected chi connectivity index (χ2v) is 4.61. The van der Waals surface area contributed by atoms with Crippen molar-refractivity contribution in [1.29, 1.82) is 0 Å². The van der Waals surface area contributed by atoms with Gasteiger partial charge in [-0.2, -0.15) is 0 Å². The molecule has 1 aromatic carbocycles. The zero-order valence-corrected chi connectivity index (χ0v) is 10.8. The van der Waals surface area contributed by atoms with Crippen LogP contribution in [0.4, 0.5) is 0 Å². The zero-order valence-electron chi connectivity index (χ0n) is 10.8. The maximum atomic E-state index is 11.6. The number of Topliss-reactive ketones (excluding diaryl/α,β-unsaturated/α-hetero) is 1. The molecule has 18 heavy (non-hydrogen) atoms. The van der Waals surface area contributed by atoms with E-state index < -0.39 is 0 Å². The van der Waals surface area contributed by atoms with E-state index >= 15 is 0 Å². The van der Waals surface area contributed by atoms with Crippen LogP contribution in [-0.4, -0.2) is 24.9 Å². The van der Waals surface area contributed by atoms with E-state index in [1.807, 2.05) is 13.8 Å². The molecule has 0 atom stereocenters. The van der Waals surface area contributed by atoms with Crippen molar-refractivity contribution >= 4 is 11.8 Å². The highest BCUT2D eigenvalue weighted by Gasteiger charge is 2.08. The van der Waals surface area contributed by atoms with Crippen molar-refractivity contribution in [3.05, 3.63) is 35.4 Å². The Morgan fingerprint density at radius 2 is 1.83 bits per heavy atom. The van der Waals surface area contributed by atoms with Gasteiger partial charge in [-0.05, 0) is 23.6 Å². The third kappa shape index (κ3) is 4.67. The van der Waals surface area contributed by atoms with Gasteiger partial charge in [0, 0.05) is 6.42 Å². The minimum atomic E-state index is -0.333. The summed E-state index contributed by atoms with van der Waals surface area (Å²) in [5, 5.41) is 0. The normalized spacial score (nSPS) is 10.4. The molecule has 1 aromatic rings. The van der Waals surface area contributed by atoms with Gasteiger partial charge in [0.15, 0.2) is 5.78 Å². The number of hydrogen-bond donors (Lipinski definition) is 1. The molecule has 0 aliphatic carbocycles. The first-order valence-corrected chi connectivity index (χ1v) is 6.00. The van der Waals surface area contributed by atoms with Crippen LogP contribution in [0.3, 0.4) is 0 Å². The summed E-state index contributed by atoms with van der Waals surface area (Å²) in [6.07, 6.45) is 0.303. The van der Waals surface area contributed by atoms with Crippen LogP contribution in [0, 0.1) is 5.92 Å². The van der Waals surface area contributed by atoms with E-state index in [-0.39, 0.29) is 18.3 Å². The average Bonchev–Trinajstić information content (AvgIpc) is 2.36. The summed E-state index contributed by atoms with van der Waals surface area (Å²) >= 11 is 0. The molecule has 0 aliphatic heterocycles. The second-order valence-electron chi connectivity index (χ2n) is 4.61. The molecule has 0 bridgehead atoms. The van der Waals surface area contributed by atoms with Crippen LogP contribution in [0.5, 0.6) is 0 Å². The Morgan fingerprint density at radius 3 is 2.33 bits per heavy atom. The fraction of sp³-hybridized carbons (Fsp3) is 0.429. The Morgan fingerprint density at radius 1 is 1.22 bits per heavy atom. The summed E-state index contributed by atoms with van der Waals surface area (Å²) in [6, 6.07) is 6.84. The molecule has 0 saturated heterocycles. The highest BCUT2D eigenvalue weighted by Crippen LogP contribution is 2.08. The molecule has 0 fully saturated rings. The fourth-order valence-electron chi connectivity index (χ4n) is 1.38. The number of rotatable bonds is 6. The Balaban J connectivity index is 2.59. The SMILES string of the molecule is CC(C)COC(=O)c1ccc(CC(=O)CN)cc1. The molecule has 2 N–H and O–H groups in total. The van der Waals surface area contributed by atoms with Gasteiger partial charge in [-0.15, -0.1) is 0 Å².